The van der Waals surface area contributed by atoms with E-state index in [1.165, 1.54) is 0 Å². The number of amides is 1. The second-order valence-corrected chi connectivity index (χ2v) is 8.06. The van der Waals surface area contributed by atoms with Gasteiger partial charge in [0, 0.05) is 13.1 Å². The Bertz CT molecular complexity index is 993. The van der Waals surface area contributed by atoms with E-state index >= 15 is 0 Å². The minimum Gasteiger partial charge on any atom is -0.490 e. The SMILES string of the molecule is O=C(NO)C1=C(S(=O)(=O)N2CCC(Oc3ccccc3)CC2)N=[N+]=C1C(F)(F)F. The molecule has 2 aliphatic rings. The molecule has 3 rings (SSSR count). The number of benzene rings is 1. The molecule has 9 nitrogen and oxygen atoms in total. The minimum absolute atomic E-state index is 0.0474. The van der Waals surface area contributed by atoms with Crippen LogP contribution in [0, 0.1) is 0 Å². The number of alkyl halides is 3. The molecule has 1 fully saturated rings. The fraction of sp³-hybridized carbons (Fsp3) is 0.375. The molecule has 0 bridgehead atoms. The quantitative estimate of drug-likeness (QED) is 0.411. The number of hydroxylamine groups is 1. The van der Waals surface area contributed by atoms with Crippen LogP contribution in [0.15, 0.2) is 46.0 Å². The van der Waals surface area contributed by atoms with E-state index < -0.39 is 38.4 Å². The molecule has 0 saturated carbocycles. The van der Waals surface area contributed by atoms with Crippen LogP contribution < -0.4 is 10.2 Å². The van der Waals surface area contributed by atoms with Crippen LogP contribution in [0.25, 0.3) is 0 Å². The zero-order chi connectivity index (χ0) is 21.2. The number of halogens is 3. The van der Waals surface area contributed by atoms with Crippen molar-refractivity contribution in [2.45, 2.75) is 25.1 Å². The molecule has 0 unspecified atom stereocenters. The maximum absolute atomic E-state index is 13.1. The number of rotatable bonds is 5. The second-order valence-electron chi connectivity index (χ2n) is 6.20. The van der Waals surface area contributed by atoms with E-state index in [4.69, 9.17) is 9.94 Å². The highest BCUT2D eigenvalue weighted by Gasteiger charge is 2.57. The number of piperidine rings is 1. The van der Waals surface area contributed by atoms with E-state index in [9.17, 15) is 26.4 Å². The summed E-state index contributed by atoms with van der Waals surface area (Å²) in [4.78, 5) is 14.5. The van der Waals surface area contributed by atoms with Gasteiger partial charge in [0.25, 0.3) is 21.0 Å². The van der Waals surface area contributed by atoms with Gasteiger partial charge in [-0.1, -0.05) is 18.2 Å². The largest absolute Gasteiger partial charge is 0.500 e. The molecule has 29 heavy (non-hydrogen) atoms. The molecule has 1 saturated heterocycles. The smallest absolute Gasteiger partial charge is 0.490 e. The number of nitrogens with zero attached hydrogens (tertiary/aromatic N) is 3. The van der Waals surface area contributed by atoms with E-state index in [0.29, 0.717) is 5.75 Å². The Kier molecular flexibility index (Phi) is 5.75. The molecule has 0 spiro atoms. The van der Waals surface area contributed by atoms with Gasteiger partial charge in [0.2, 0.25) is 0 Å². The summed E-state index contributed by atoms with van der Waals surface area (Å²) < 4.78 is 71.4. The predicted molar refractivity (Wildman–Crippen MR) is 91.3 cm³/mol. The van der Waals surface area contributed by atoms with Crippen molar-refractivity contribution < 1.29 is 41.1 Å². The molecule has 2 aliphatic heterocycles. The van der Waals surface area contributed by atoms with Gasteiger partial charge < -0.3 is 4.74 Å². The summed E-state index contributed by atoms with van der Waals surface area (Å²) in [6.45, 7) is -0.0948. The van der Waals surface area contributed by atoms with Crippen LogP contribution >= 0.6 is 0 Å². The number of hydrogen-bond donors (Lipinski definition) is 2. The van der Waals surface area contributed by atoms with Gasteiger partial charge in [-0.15, -0.1) is 0 Å². The maximum Gasteiger partial charge on any atom is 0.500 e. The Morgan fingerprint density at radius 2 is 1.86 bits per heavy atom. The molecular weight excluding hydrogens is 417 g/mol. The van der Waals surface area contributed by atoms with Crippen LogP contribution in [0.2, 0.25) is 0 Å². The Morgan fingerprint density at radius 3 is 2.41 bits per heavy atom. The zero-order valence-electron chi connectivity index (χ0n) is 14.8. The molecule has 1 aromatic rings. The van der Waals surface area contributed by atoms with Crippen molar-refractivity contribution in [2.24, 2.45) is 5.11 Å². The fourth-order valence-electron chi connectivity index (χ4n) is 2.94. The number of ether oxygens (including phenoxy) is 1. The van der Waals surface area contributed by atoms with Gasteiger partial charge in [0.15, 0.2) is 5.57 Å². The summed E-state index contributed by atoms with van der Waals surface area (Å²) in [6.07, 6.45) is -4.83. The van der Waals surface area contributed by atoms with Crippen LogP contribution in [0.4, 0.5) is 13.2 Å². The Hall–Kier alpha value is -2.73. The lowest BCUT2D eigenvalue weighted by molar-refractivity contribution is -0.140. The third kappa shape index (κ3) is 4.32. The number of nitrogens with one attached hydrogen (secondary N) is 1. The number of hydrogen-bond acceptors (Lipinski definition) is 6. The first-order chi connectivity index (χ1) is 13.6. The van der Waals surface area contributed by atoms with Crippen molar-refractivity contribution in [2.75, 3.05) is 13.1 Å². The summed E-state index contributed by atoms with van der Waals surface area (Å²) in [5, 5.41) is 10.7. The summed E-state index contributed by atoms with van der Waals surface area (Å²) >= 11 is 0. The fourth-order valence-corrected chi connectivity index (χ4v) is 4.47. The van der Waals surface area contributed by atoms with E-state index in [-0.39, 0.29) is 32.0 Å². The van der Waals surface area contributed by atoms with Gasteiger partial charge in [-0.3, -0.25) is 10.0 Å². The average Bonchev–Trinajstić information content (AvgIpc) is 3.15. The molecular formula is C16H16F3N4O5S+. The summed E-state index contributed by atoms with van der Waals surface area (Å²) in [5.41, 5.74) is -2.12. The van der Waals surface area contributed by atoms with E-state index in [1.54, 1.807) is 24.3 Å². The second kappa shape index (κ2) is 7.95. The first-order valence-corrected chi connectivity index (χ1v) is 9.85. The number of carbonyl (C=O) groups excluding carboxylic acids is 1. The van der Waals surface area contributed by atoms with Crippen molar-refractivity contribution in [3.8, 4) is 5.75 Å². The lowest BCUT2D eigenvalue weighted by Gasteiger charge is -2.30. The molecule has 2 N–H and O–H groups in total. The highest BCUT2D eigenvalue weighted by Crippen LogP contribution is 2.31. The van der Waals surface area contributed by atoms with Gasteiger partial charge in [0.1, 0.15) is 17.0 Å². The zero-order valence-corrected chi connectivity index (χ0v) is 15.6. The van der Waals surface area contributed by atoms with Crippen LogP contribution in [0.5, 0.6) is 5.75 Å². The Morgan fingerprint density at radius 1 is 1.24 bits per heavy atom. The summed E-state index contributed by atoms with van der Waals surface area (Å²) in [7, 11) is -4.55. The van der Waals surface area contributed by atoms with Crippen LogP contribution in [-0.4, -0.2) is 59.7 Å². The monoisotopic (exact) mass is 433 g/mol. The van der Waals surface area contributed by atoms with Crippen molar-refractivity contribution >= 4 is 21.6 Å². The van der Waals surface area contributed by atoms with Gasteiger partial charge in [0.05, 0.1) is 4.79 Å². The molecule has 0 radical (unpaired) electrons. The average molecular weight is 433 g/mol. The molecule has 1 aromatic carbocycles. The van der Waals surface area contributed by atoms with Crippen LogP contribution in [0.3, 0.4) is 0 Å². The van der Waals surface area contributed by atoms with Crippen molar-refractivity contribution in [3.63, 3.8) is 0 Å². The van der Waals surface area contributed by atoms with Crippen molar-refractivity contribution in [1.29, 1.82) is 0 Å². The minimum atomic E-state index is -5.13. The van der Waals surface area contributed by atoms with Crippen LogP contribution in [-0.2, 0) is 14.8 Å². The summed E-state index contributed by atoms with van der Waals surface area (Å²) in [5.74, 6) is -1.05. The lowest BCUT2D eigenvalue weighted by atomic mass is 10.1. The topological polar surface area (TPSA) is 122 Å². The molecule has 2 heterocycles. The van der Waals surface area contributed by atoms with Gasteiger partial charge in [-0.05, 0) is 25.0 Å². The molecule has 13 heteroatoms. The lowest BCUT2D eigenvalue weighted by Crippen LogP contribution is -2.43. The molecule has 1 amide bonds. The summed E-state index contributed by atoms with van der Waals surface area (Å²) in [6, 6.07) is 8.89. The standard InChI is InChI=1S/C16H15F3N4O5S/c17-16(18,19)13-12(14(24)22-25)15(21-20-13)29(26,27)23-8-6-11(7-9-23)28-10-4-2-1-3-5-10/h1-5,11H,6-9H2,(H-,20,21,22,24,25)/p+1. The van der Waals surface area contributed by atoms with Crippen molar-refractivity contribution in [1.82, 2.24) is 9.79 Å². The van der Waals surface area contributed by atoms with E-state index in [0.717, 1.165) is 9.79 Å². The molecule has 156 valence electrons. The van der Waals surface area contributed by atoms with E-state index in [2.05, 4.69) is 9.90 Å². The maximum atomic E-state index is 13.1. The normalized spacial score (nSPS) is 18.7. The van der Waals surface area contributed by atoms with Gasteiger partial charge in [-0.2, -0.15) is 17.5 Å². The molecule has 0 aliphatic carbocycles. The highest BCUT2D eigenvalue weighted by atomic mass is 32.2. The number of para-hydroxylation sites is 1. The first kappa shape index (κ1) is 21.0. The third-order valence-corrected chi connectivity index (χ3v) is 6.14. The van der Waals surface area contributed by atoms with Crippen molar-refractivity contribution in [3.05, 3.63) is 40.9 Å². The highest BCUT2D eigenvalue weighted by molar-refractivity contribution is 7.93. The van der Waals surface area contributed by atoms with E-state index in [1.807, 2.05) is 6.07 Å². The number of sulfonamides is 1. The first-order valence-electron chi connectivity index (χ1n) is 8.41. The van der Waals surface area contributed by atoms with Crippen LogP contribution in [0.1, 0.15) is 12.8 Å². The number of carbonyl (C=O) groups is 1. The predicted octanol–water partition coefficient (Wildman–Crippen LogP) is 1.25. The molecule has 0 aromatic heterocycles. The van der Waals surface area contributed by atoms with Gasteiger partial charge >= 0.3 is 11.9 Å². The third-order valence-electron chi connectivity index (χ3n) is 4.32. The Labute approximate surface area is 163 Å². The molecule has 0 atom stereocenters. The van der Waals surface area contributed by atoms with Gasteiger partial charge in [-0.25, -0.2) is 13.9 Å². The Balaban J connectivity index is 1.79.